The first-order valence-electron chi connectivity index (χ1n) is 4.84. The zero-order valence-electron chi connectivity index (χ0n) is 9.51. The molecule has 1 rings (SSSR count). The third-order valence-corrected chi connectivity index (χ3v) is 3.96. The fourth-order valence-electron chi connectivity index (χ4n) is 1.38. The van der Waals surface area contributed by atoms with E-state index in [4.69, 9.17) is 5.21 Å². The van der Waals surface area contributed by atoms with Crippen molar-refractivity contribution < 1.29 is 13.6 Å². The van der Waals surface area contributed by atoms with E-state index in [0.717, 1.165) is 11.8 Å². The number of sulfone groups is 1. The Morgan fingerprint density at radius 2 is 2.06 bits per heavy atom. The predicted molar refractivity (Wildman–Crippen MR) is 63.8 cm³/mol. The van der Waals surface area contributed by atoms with E-state index in [1.165, 1.54) is 6.92 Å². The summed E-state index contributed by atoms with van der Waals surface area (Å²) in [6.45, 7) is 3.40. The maximum Gasteiger partial charge on any atom is 0.155 e. The van der Waals surface area contributed by atoms with Crippen LogP contribution in [0.3, 0.4) is 0 Å². The van der Waals surface area contributed by atoms with Crippen molar-refractivity contribution in [3.63, 3.8) is 0 Å². The molecule has 1 unspecified atom stereocenters. The molecule has 0 amide bonds. The summed E-state index contributed by atoms with van der Waals surface area (Å²) >= 11 is 0. The fourth-order valence-corrected chi connectivity index (χ4v) is 1.97. The second-order valence-corrected chi connectivity index (χ2v) is 6.19. The molecule has 0 aliphatic carbocycles. The Hall–Kier alpha value is -1.36. The molecule has 1 aromatic rings. The van der Waals surface area contributed by atoms with Crippen LogP contribution in [0.4, 0.5) is 0 Å². The molecule has 0 aromatic heterocycles. The summed E-state index contributed by atoms with van der Waals surface area (Å²) < 4.78 is 22.8. The van der Waals surface area contributed by atoms with Gasteiger partial charge in [0.1, 0.15) is 11.0 Å². The third-order valence-electron chi connectivity index (χ3n) is 2.45. The molecule has 4 nitrogen and oxygen atoms in total. The van der Waals surface area contributed by atoms with Crippen LogP contribution in [-0.4, -0.2) is 30.8 Å². The van der Waals surface area contributed by atoms with Gasteiger partial charge >= 0.3 is 0 Å². The second-order valence-electron chi connectivity index (χ2n) is 3.83. The topological polar surface area (TPSA) is 66.7 Å². The van der Waals surface area contributed by atoms with Gasteiger partial charge in [-0.1, -0.05) is 35.0 Å². The predicted octanol–water partition coefficient (Wildman–Crippen LogP) is 1.61. The highest BCUT2D eigenvalue weighted by Gasteiger charge is 2.23. The van der Waals surface area contributed by atoms with Crippen molar-refractivity contribution in [2.24, 2.45) is 5.16 Å². The van der Waals surface area contributed by atoms with Gasteiger partial charge in [-0.3, -0.25) is 0 Å². The molecule has 16 heavy (non-hydrogen) atoms. The minimum atomic E-state index is -3.27. The van der Waals surface area contributed by atoms with Gasteiger partial charge in [-0.05, 0) is 13.8 Å². The number of aryl methyl sites for hydroxylation is 1. The van der Waals surface area contributed by atoms with E-state index in [-0.39, 0.29) is 5.71 Å². The first kappa shape index (κ1) is 12.7. The fraction of sp³-hybridized carbons (Fsp3) is 0.364. The summed E-state index contributed by atoms with van der Waals surface area (Å²) in [6.07, 6.45) is 1.12. The molecule has 0 aliphatic rings. The summed E-state index contributed by atoms with van der Waals surface area (Å²) in [4.78, 5) is 0. The minimum absolute atomic E-state index is 0.172. The standard InChI is InChI=1S/C11H15NO3S/c1-8-5-4-6-10(7-8)11(12-13)9(2)16(3,14)15/h4-7,9,13H,1-3H3/b12-11-. The number of oxime groups is 1. The average Bonchev–Trinajstić information content (AvgIpc) is 2.17. The molecular formula is C11H15NO3S. The summed E-state index contributed by atoms with van der Waals surface area (Å²) in [5, 5.41) is 11.2. The van der Waals surface area contributed by atoms with E-state index in [1.54, 1.807) is 18.2 Å². The second kappa shape index (κ2) is 4.65. The normalized spacial score (nSPS) is 14.8. The lowest BCUT2D eigenvalue weighted by Gasteiger charge is -2.11. The number of benzene rings is 1. The maximum absolute atomic E-state index is 11.4. The zero-order valence-corrected chi connectivity index (χ0v) is 10.3. The number of nitrogens with zero attached hydrogens (tertiary/aromatic N) is 1. The van der Waals surface area contributed by atoms with E-state index < -0.39 is 15.1 Å². The van der Waals surface area contributed by atoms with Crippen molar-refractivity contribution in [2.75, 3.05) is 6.26 Å². The quantitative estimate of drug-likeness (QED) is 0.496. The molecule has 0 bridgehead atoms. The average molecular weight is 241 g/mol. The van der Waals surface area contributed by atoms with Gasteiger partial charge in [-0.25, -0.2) is 8.42 Å². The van der Waals surface area contributed by atoms with E-state index in [2.05, 4.69) is 5.16 Å². The Morgan fingerprint density at radius 3 is 2.50 bits per heavy atom. The highest BCUT2D eigenvalue weighted by atomic mass is 32.2. The minimum Gasteiger partial charge on any atom is -0.411 e. The van der Waals surface area contributed by atoms with Crippen molar-refractivity contribution in [3.8, 4) is 0 Å². The first-order valence-corrected chi connectivity index (χ1v) is 6.79. The van der Waals surface area contributed by atoms with Gasteiger partial charge in [-0.2, -0.15) is 0 Å². The molecular weight excluding hydrogens is 226 g/mol. The zero-order chi connectivity index (χ0) is 12.3. The van der Waals surface area contributed by atoms with Crippen LogP contribution in [0.15, 0.2) is 29.4 Å². The van der Waals surface area contributed by atoms with Crippen LogP contribution >= 0.6 is 0 Å². The Morgan fingerprint density at radius 1 is 1.44 bits per heavy atom. The number of hydrogen-bond donors (Lipinski definition) is 1. The van der Waals surface area contributed by atoms with Crippen LogP contribution in [-0.2, 0) is 9.84 Å². The van der Waals surface area contributed by atoms with Crippen molar-refractivity contribution >= 4 is 15.5 Å². The lowest BCUT2D eigenvalue weighted by Crippen LogP contribution is -2.27. The van der Waals surface area contributed by atoms with Crippen LogP contribution in [0.5, 0.6) is 0 Å². The van der Waals surface area contributed by atoms with Crippen molar-refractivity contribution in [2.45, 2.75) is 19.1 Å². The van der Waals surface area contributed by atoms with Gasteiger partial charge in [0, 0.05) is 11.8 Å². The molecule has 1 N–H and O–H groups in total. The van der Waals surface area contributed by atoms with Crippen molar-refractivity contribution in [1.82, 2.24) is 0 Å². The van der Waals surface area contributed by atoms with Crippen LogP contribution in [0.2, 0.25) is 0 Å². The van der Waals surface area contributed by atoms with E-state index in [0.29, 0.717) is 5.56 Å². The third kappa shape index (κ3) is 2.82. The van der Waals surface area contributed by atoms with Gasteiger partial charge in [0.15, 0.2) is 9.84 Å². The molecule has 0 radical (unpaired) electrons. The number of hydrogen-bond acceptors (Lipinski definition) is 4. The lowest BCUT2D eigenvalue weighted by molar-refractivity contribution is 0.318. The molecule has 1 atom stereocenters. The van der Waals surface area contributed by atoms with Crippen LogP contribution in [0, 0.1) is 6.92 Å². The molecule has 0 saturated carbocycles. The molecule has 1 aromatic carbocycles. The molecule has 0 spiro atoms. The Bertz CT molecular complexity index is 506. The van der Waals surface area contributed by atoms with E-state index in [9.17, 15) is 8.42 Å². The van der Waals surface area contributed by atoms with Gasteiger partial charge in [0.2, 0.25) is 0 Å². The maximum atomic E-state index is 11.4. The van der Waals surface area contributed by atoms with E-state index >= 15 is 0 Å². The Kier molecular flexibility index (Phi) is 3.70. The molecule has 0 saturated heterocycles. The Labute approximate surface area is 95.5 Å². The number of rotatable bonds is 3. The smallest absolute Gasteiger partial charge is 0.155 e. The summed E-state index contributed by atoms with van der Waals surface area (Å²) in [7, 11) is -3.27. The molecule has 5 heteroatoms. The Balaban J connectivity index is 3.20. The molecule has 0 fully saturated rings. The van der Waals surface area contributed by atoms with Crippen molar-refractivity contribution in [1.29, 1.82) is 0 Å². The van der Waals surface area contributed by atoms with Crippen molar-refractivity contribution in [3.05, 3.63) is 35.4 Å². The molecule has 88 valence electrons. The summed E-state index contributed by atoms with van der Waals surface area (Å²) in [5.41, 5.74) is 1.78. The molecule has 0 aliphatic heterocycles. The van der Waals surface area contributed by atoms with Gasteiger partial charge in [0.05, 0.1) is 0 Å². The highest BCUT2D eigenvalue weighted by molar-refractivity contribution is 7.92. The van der Waals surface area contributed by atoms with Crippen LogP contribution in [0.25, 0.3) is 0 Å². The highest BCUT2D eigenvalue weighted by Crippen LogP contribution is 2.12. The van der Waals surface area contributed by atoms with Crippen LogP contribution < -0.4 is 0 Å². The largest absolute Gasteiger partial charge is 0.411 e. The monoisotopic (exact) mass is 241 g/mol. The summed E-state index contributed by atoms with van der Waals surface area (Å²) in [5.74, 6) is 0. The lowest BCUT2D eigenvalue weighted by atomic mass is 10.1. The first-order chi connectivity index (χ1) is 7.36. The van der Waals surface area contributed by atoms with Gasteiger partial charge in [-0.15, -0.1) is 0 Å². The summed E-state index contributed by atoms with van der Waals surface area (Å²) in [6, 6.07) is 7.20. The van der Waals surface area contributed by atoms with Gasteiger partial charge in [0.25, 0.3) is 0 Å². The SMILES string of the molecule is Cc1cccc(/C(=N\O)C(C)S(C)(=O)=O)c1. The molecule has 0 heterocycles. The van der Waals surface area contributed by atoms with Crippen LogP contribution in [0.1, 0.15) is 18.1 Å². The van der Waals surface area contributed by atoms with E-state index in [1.807, 2.05) is 13.0 Å². The van der Waals surface area contributed by atoms with Gasteiger partial charge < -0.3 is 5.21 Å².